The number of carbonyl (C=O) groups excluding carboxylic acids is 1. The number of aromatic amines is 1. The van der Waals surface area contributed by atoms with Gasteiger partial charge in [-0.25, -0.2) is 19.6 Å². The van der Waals surface area contributed by atoms with E-state index in [0.29, 0.717) is 36.5 Å². The first-order valence-corrected chi connectivity index (χ1v) is 9.04. The van der Waals surface area contributed by atoms with E-state index in [2.05, 4.69) is 20.3 Å². The molecule has 0 spiro atoms. The molecule has 11 heteroatoms. The lowest BCUT2D eigenvalue weighted by atomic mass is 10.2. The molecule has 1 saturated heterocycles. The van der Waals surface area contributed by atoms with Crippen LogP contribution in [0.1, 0.15) is 33.6 Å². The van der Waals surface area contributed by atoms with Crippen molar-refractivity contribution < 1.29 is 19.4 Å². The van der Waals surface area contributed by atoms with Crippen LogP contribution < -0.4 is 15.9 Å². The molecule has 0 aromatic carbocycles. The number of hydrogen-bond donors (Lipinski definition) is 3. The van der Waals surface area contributed by atoms with Crippen LogP contribution in [0.5, 0.6) is 0 Å². The molecule has 0 radical (unpaired) electrons. The fraction of sp³-hybridized carbons (Fsp3) is 0.588. The number of imidazole rings is 1. The zero-order valence-corrected chi connectivity index (χ0v) is 16.1. The van der Waals surface area contributed by atoms with E-state index in [4.69, 9.17) is 9.84 Å². The van der Waals surface area contributed by atoms with E-state index in [1.807, 2.05) is 4.90 Å². The number of rotatable bonds is 5. The molecule has 1 fully saturated rings. The SMILES string of the molecule is CC(C)(C)OC(=O)NC1CCN(c2ncnc3c2[nH]c(=O)n3CCC(=O)O)C1. The molecule has 0 saturated carbocycles. The lowest BCUT2D eigenvalue weighted by Gasteiger charge is -2.22. The Morgan fingerprint density at radius 3 is 2.82 bits per heavy atom. The fourth-order valence-corrected chi connectivity index (χ4v) is 3.15. The molecular weight excluding hydrogens is 368 g/mol. The van der Waals surface area contributed by atoms with Gasteiger partial charge in [0.25, 0.3) is 0 Å². The lowest BCUT2D eigenvalue weighted by molar-refractivity contribution is -0.137. The van der Waals surface area contributed by atoms with Crippen LogP contribution in [-0.4, -0.2) is 61.4 Å². The molecule has 2 aromatic rings. The zero-order chi connectivity index (χ0) is 20.5. The van der Waals surface area contributed by atoms with E-state index < -0.39 is 23.4 Å². The summed E-state index contributed by atoms with van der Waals surface area (Å²) in [7, 11) is 0. The topological polar surface area (TPSA) is 142 Å². The Hall–Kier alpha value is -3.11. The summed E-state index contributed by atoms with van der Waals surface area (Å²) in [6.07, 6.45) is 1.39. The van der Waals surface area contributed by atoms with Gasteiger partial charge in [0, 0.05) is 19.6 Å². The van der Waals surface area contributed by atoms with E-state index >= 15 is 0 Å². The summed E-state index contributed by atoms with van der Waals surface area (Å²) in [4.78, 5) is 48.1. The molecule has 11 nitrogen and oxygen atoms in total. The summed E-state index contributed by atoms with van der Waals surface area (Å²) in [5.41, 5.74) is -0.184. The monoisotopic (exact) mass is 392 g/mol. The molecule has 1 atom stereocenters. The van der Waals surface area contributed by atoms with Crippen LogP contribution in [0, 0.1) is 0 Å². The summed E-state index contributed by atoms with van der Waals surface area (Å²) in [6, 6.07) is -0.110. The zero-order valence-electron chi connectivity index (χ0n) is 16.1. The number of fused-ring (bicyclic) bond motifs is 1. The van der Waals surface area contributed by atoms with Crippen molar-refractivity contribution in [2.75, 3.05) is 18.0 Å². The van der Waals surface area contributed by atoms with Crippen LogP contribution >= 0.6 is 0 Å². The van der Waals surface area contributed by atoms with Crippen molar-refractivity contribution in [1.29, 1.82) is 0 Å². The summed E-state index contributed by atoms with van der Waals surface area (Å²) in [5.74, 6) is -0.448. The predicted molar refractivity (Wildman–Crippen MR) is 100 cm³/mol. The average molecular weight is 392 g/mol. The number of aryl methyl sites for hydroxylation is 1. The maximum absolute atomic E-state index is 12.2. The minimum absolute atomic E-state index is 0.0213. The first-order valence-electron chi connectivity index (χ1n) is 9.04. The number of anilines is 1. The van der Waals surface area contributed by atoms with Gasteiger partial charge in [0.15, 0.2) is 11.5 Å². The van der Waals surface area contributed by atoms with Crippen molar-refractivity contribution in [1.82, 2.24) is 24.8 Å². The number of H-pyrrole nitrogens is 1. The smallest absolute Gasteiger partial charge is 0.407 e. The number of hydrogen-bond acceptors (Lipinski definition) is 7. The van der Waals surface area contributed by atoms with E-state index in [9.17, 15) is 14.4 Å². The molecule has 1 aliphatic rings. The summed E-state index contributed by atoms with van der Waals surface area (Å²) in [6.45, 7) is 6.57. The molecule has 3 rings (SSSR count). The van der Waals surface area contributed by atoms with Gasteiger partial charge in [0.2, 0.25) is 0 Å². The van der Waals surface area contributed by atoms with Gasteiger partial charge in [-0.1, -0.05) is 0 Å². The third kappa shape index (κ3) is 4.41. The molecule has 152 valence electrons. The molecule has 0 aliphatic carbocycles. The Morgan fingerprint density at radius 1 is 1.39 bits per heavy atom. The number of ether oxygens (including phenoxy) is 1. The van der Waals surface area contributed by atoms with Crippen molar-refractivity contribution >= 4 is 29.0 Å². The highest BCUT2D eigenvalue weighted by atomic mass is 16.6. The standard InChI is InChI=1S/C17H24N6O5/c1-17(2,3)28-16(27)20-10-4-6-22(8-10)13-12-14(19-9-18-13)23(15(26)21-12)7-5-11(24)25/h9-10H,4-8H2,1-3H3,(H,20,27)(H,21,26)(H,24,25). The fourth-order valence-electron chi connectivity index (χ4n) is 3.15. The maximum atomic E-state index is 12.2. The highest BCUT2D eigenvalue weighted by Crippen LogP contribution is 2.24. The summed E-state index contributed by atoms with van der Waals surface area (Å²) < 4.78 is 6.58. The van der Waals surface area contributed by atoms with Crippen molar-refractivity contribution in [3.05, 3.63) is 16.8 Å². The molecule has 2 aromatic heterocycles. The number of carbonyl (C=O) groups is 2. The van der Waals surface area contributed by atoms with E-state index in [1.165, 1.54) is 10.9 Å². The Labute approximate surface area is 160 Å². The second kappa shape index (κ2) is 7.49. The summed E-state index contributed by atoms with van der Waals surface area (Å²) in [5, 5.41) is 11.7. The highest BCUT2D eigenvalue weighted by Gasteiger charge is 2.28. The molecular formula is C17H24N6O5. The Balaban J connectivity index is 1.76. The second-order valence-electron chi connectivity index (χ2n) is 7.70. The molecule has 0 bridgehead atoms. The maximum Gasteiger partial charge on any atom is 0.407 e. The highest BCUT2D eigenvalue weighted by molar-refractivity contribution is 5.83. The van der Waals surface area contributed by atoms with Gasteiger partial charge in [-0.15, -0.1) is 0 Å². The van der Waals surface area contributed by atoms with E-state index in [1.54, 1.807) is 20.8 Å². The number of amides is 1. The van der Waals surface area contributed by atoms with Gasteiger partial charge in [0.1, 0.15) is 17.4 Å². The van der Waals surface area contributed by atoms with Crippen molar-refractivity contribution in [2.24, 2.45) is 0 Å². The minimum Gasteiger partial charge on any atom is -0.481 e. The largest absolute Gasteiger partial charge is 0.481 e. The third-order valence-electron chi connectivity index (χ3n) is 4.30. The number of aliphatic carboxylic acids is 1. The van der Waals surface area contributed by atoms with Crippen LogP contribution in [0.25, 0.3) is 11.2 Å². The molecule has 1 aliphatic heterocycles. The van der Waals surface area contributed by atoms with Gasteiger partial charge >= 0.3 is 17.8 Å². The van der Waals surface area contributed by atoms with Gasteiger partial charge in [-0.2, -0.15) is 0 Å². The molecule has 28 heavy (non-hydrogen) atoms. The number of aromatic nitrogens is 4. The molecule has 3 heterocycles. The van der Waals surface area contributed by atoms with Gasteiger partial charge < -0.3 is 25.0 Å². The third-order valence-corrected chi connectivity index (χ3v) is 4.30. The van der Waals surface area contributed by atoms with Crippen LogP contribution in [-0.2, 0) is 16.1 Å². The Bertz CT molecular complexity index is 944. The van der Waals surface area contributed by atoms with Crippen molar-refractivity contribution in [3.8, 4) is 0 Å². The predicted octanol–water partition coefficient (Wildman–Crippen LogP) is 0.698. The summed E-state index contributed by atoms with van der Waals surface area (Å²) >= 11 is 0. The molecule has 3 N–H and O–H groups in total. The minimum atomic E-state index is -0.994. The number of carboxylic acids is 1. The van der Waals surface area contributed by atoms with Gasteiger partial charge in [-0.05, 0) is 27.2 Å². The van der Waals surface area contributed by atoms with Crippen LogP contribution in [0.2, 0.25) is 0 Å². The lowest BCUT2D eigenvalue weighted by Crippen LogP contribution is -2.40. The Morgan fingerprint density at radius 2 is 2.14 bits per heavy atom. The average Bonchev–Trinajstić information content (AvgIpc) is 3.14. The van der Waals surface area contributed by atoms with Crippen LogP contribution in [0.3, 0.4) is 0 Å². The first-order chi connectivity index (χ1) is 13.1. The first kappa shape index (κ1) is 19.6. The van der Waals surface area contributed by atoms with E-state index in [0.717, 1.165) is 0 Å². The quantitative estimate of drug-likeness (QED) is 0.675. The van der Waals surface area contributed by atoms with Gasteiger partial charge in [-0.3, -0.25) is 9.36 Å². The molecule has 1 amide bonds. The number of nitrogens with one attached hydrogen (secondary N) is 2. The van der Waals surface area contributed by atoms with Crippen LogP contribution in [0.15, 0.2) is 11.1 Å². The Kier molecular flexibility index (Phi) is 5.25. The van der Waals surface area contributed by atoms with Gasteiger partial charge in [0.05, 0.1) is 12.5 Å². The number of nitrogens with zero attached hydrogens (tertiary/aromatic N) is 4. The van der Waals surface area contributed by atoms with Crippen molar-refractivity contribution in [3.63, 3.8) is 0 Å². The van der Waals surface area contributed by atoms with Crippen molar-refractivity contribution in [2.45, 2.75) is 51.8 Å². The van der Waals surface area contributed by atoms with E-state index in [-0.39, 0.29) is 19.0 Å². The number of alkyl carbamates (subject to hydrolysis) is 1. The molecule has 1 unspecified atom stereocenters. The second-order valence-corrected chi connectivity index (χ2v) is 7.70. The normalized spacial score (nSPS) is 17.1. The number of carboxylic acid groups (broad SMARTS) is 1. The van der Waals surface area contributed by atoms with Crippen LogP contribution in [0.4, 0.5) is 10.6 Å².